The number of morpholine rings is 1. The Bertz CT molecular complexity index is 436. The maximum Gasteiger partial charge on any atom is 0.236 e. The molecule has 0 aliphatic carbocycles. The zero-order valence-corrected chi connectivity index (χ0v) is 13.6. The van der Waals surface area contributed by atoms with Gasteiger partial charge in [-0.1, -0.05) is 0 Å². The number of hydrogen-bond donors (Lipinski definition) is 1. The van der Waals surface area contributed by atoms with E-state index in [0.717, 1.165) is 32.4 Å². The van der Waals surface area contributed by atoms with Crippen LogP contribution in [0.1, 0.15) is 39.5 Å². The van der Waals surface area contributed by atoms with Crippen molar-refractivity contribution in [3.63, 3.8) is 0 Å². The van der Waals surface area contributed by atoms with Crippen LogP contribution in [-0.4, -0.2) is 72.1 Å². The van der Waals surface area contributed by atoms with Crippen LogP contribution in [0, 0.1) is 0 Å². The van der Waals surface area contributed by atoms with E-state index in [9.17, 15) is 9.59 Å². The lowest BCUT2D eigenvalue weighted by molar-refractivity contribution is -0.144. The Balaban J connectivity index is 1.48. The molecule has 3 rings (SSSR count). The summed E-state index contributed by atoms with van der Waals surface area (Å²) in [5.41, 5.74) is 0.0125. The van der Waals surface area contributed by atoms with E-state index in [1.54, 1.807) is 0 Å². The monoisotopic (exact) mass is 309 g/mol. The third-order valence-corrected chi connectivity index (χ3v) is 5.18. The summed E-state index contributed by atoms with van der Waals surface area (Å²) >= 11 is 0. The number of rotatable bonds is 2. The van der Waals surface area contributed by atoms with Gasteiger partial charge >= 0.3 is 0 Å². The van der Waals surface area contributed by atoms with Gasteiger partial charge < -0.3 is 15.0 Å². The van der Waals surface area contributed by atoms with Gasteiger partial charge in [-0.25, -0.2) is 0 Å². The fourth-order valence-corrected chi connectivity index (χ4v) is 3.96. The summed E-state index contributed by atoms with van der Waals surface area (Å²) in [6.07, 6.45) is 3.76. The molecule has 6 nitrogen and oxygen atoms in total. The van der Waals surface area contributed by atoms with Gasteiger partial charge in [0.2, 0.25) is 11.8 Å². The van der Waals surface area contributed by atoms with Crippen molar-refractivity contribution in [3.05, 3.63) is 0 Å². The molecule has 3 aliphatic heterocycles. The minimum absolute atomic E-state index is 0.0125. The minimum atomic E-state index is 0.0125. The SMILES string of the molecule is C[C@@H]1CN(C(=O)CN2CCC3(CCC(=O)N3)CC2)C[C@H](C)O1. The van der Waals surface area contributed by atoms with Crippen molar-refractivity contribution in [2.75, 3.05) is 32.7 Å². The third-order valence-electron chi connectivity index (χ3n) is 5.18. The average molecular weight is 309 g/mol. The molecular weight excluding hydrogens is 282 g/mol. The van der Waals surface area contributed by atoms with Gasteiger partial charge in [-0.15, -0.1) is 0 Å². The first-order valence-electron chi connectivity index (χ1n) is 8.42. The Kier molecular flexibility index (Phi) is 4.41. The van der Waals surface area contributed by atoms with E-state index in [4.69, 9.17) is 4.74 Å². The molecule has 0 unspecified atom stereocenters. The van der Waals surface area contributed by atoms with Gasteiger partial charge in [-0.05, 0) is 33.1 Å². The van der Waals surface area contributed by atoms with Crippen LogP contribution in [0.4, 0.5) is 0 Å². The number of ether oxygens (including phenoxy) is 1. The van der Waals surface area contributed by atoms with Crippen LogP contribution in [0.25, 0.3) is 0 Å². The maximum absolute atomic E-state index is 12.5. The number of carbonyl (C=O) groups is 2. The highest BCUT2D eigenvalue weighted by Crippen LogP contribution is 2.31. The number of likely N-dealkylation sites (tertiary alicyclic amines) is 1. The number of amides is 2. The van der Waals surface area contributed by atoms with Crippen LogP contribution in [0.15, 0.2) is 0 Å². The summed E-state index contributed by atoms with van der Waals surface area (Å²) in [6, 6.07) is 0. The van der Waals surface area contributed by atoms with Gasteiger partial charge in [-0.3, -0.25) is 14.5 Å². The summed E-state index contributed by atoms with van der Waals surface area (Å²) < 4.78 is 5.68. The van der Waals surface area contributed by atoms with E-state index in [-0.39, 0.29) is 29.6 Å². The van der Waals surface area contributed by atoms with Crippen molar-refractivity contribution in [1.82, 2.24) is 15.1 Å². The zero-order valence-electron chi connectivity index (χ0n) is 13.6. The molecular formula is C16H27N3O3. The van der Waals surface area contributed by atoms with Gasteiger partial charge in [0, 0.05) is 38.1 Å². The van der Waals surface area contributed by atoms with Crippen LogP contribution >= 0.6 is 0 Å². The molecule has 0 aromatic rings. The molecule has 6 heteroatoms. The highest BCUT2D eigenvalue weighted by atomic mass is 16.5. The summed E-state index contributed by atoms with van der Waals surface area (Å²) in [4.78, 5) is 28.1. The number of nitrogens with zero attached hydrogens (tertiary/aromatic N) is 2. The fourth-order valence-electron chi connectivity index (χ4n) is 3.96. The van der Waals surface area contributed by atoms with Gasteiger partial charge in [0.25, 0.3) is 0 Å². The lowest BCUT2D eigenvalue weighted by Crippen LogP contribution is -2.54. The average Bonchev–Trinajstić information content (AvgIpc) is 2.82. The quantitative estimate of drug-likeness (QED) is 0.800. The second-order valence-corrected chi connectivity index (χ2v) is 7.16. The summed E-state index contributed by atoms with van der Waals surface area (Å²) in [5, 5.41) is 3.14. The molecule has 124 valence electrons. The summed E-state index contributed by atoms with van der Waals surface area (Å²) in [5.74, 6) is 0.384. The molecule has 22 heavy (non-hydrogen) atoms. The first-order valence-corrected chi connectivity index (χ1v) is 8.42. The summed E-state index contributed by atoms with van der Waals surface area (Å²) in [7, 11) is 0. The van der Waals surface area contributed by atoms with Crippen molar-refractivity contribution >= 4 is 11.8 Å². The number of hydrogen-bond acceptors (Lipinski definition) is 4. The fraction of sp³-hybridized carbons (Fsp3) is 0.875. The molecule has 2 amide bonds. The Morgan fingerprint density at radius 3 is 2.41 bits per heavy atom. The van der Waals surface area contributed by atoms with Crippen LogP contribution in [0.3, 0.4) is 0 Å². The first-order chi connectivity index (χ1) is 10.5. The smallest absolute Gasteiger partial charge is 0.236 e. The van der Waals surface area contributed by atoms with Crippen LogP contribution in [0.5, 0.6) is 0 Å². The highest BCUT2D eigenvalue weighted by Gasteiger charge is 2.40. The van der Waals surface area contributed by atoms with E-state index < -0.39 is 0 Å². The lowest BCUT2D eigenvalue weighted by atomic mass is 9.86. The molecule has 0 saturated carbocycles. The van der Waals surface area contributed by atoms with E-state index in [1.165, 1.54) is 0 Å². The van der Waals surface area contributed by atoms with Gasteiger partial charge in [0.1, 0.15) is 0 Å². The minimum Gasteiger partial charge on any atom is -0.372 e. The molecule has 3 fully saturated rings. The molecule has 3 heterocycles. The molecule has 0 aromatic heterocycles. The standard InChI is InChI=1S/C16H27N3O3/c1-12-9-19(10-13(2)22-12)15(21)11-18-7-5-16(6-8-18)4-3-14(20)17-16/h12-13H,3-11H2,1-2H3,(H,17,20)/t12-,13+. The van der Waals surface area contributed by atoms with E-state index in [0.29, 0.717) is 26.1 Å². The molecule has 2 atom stereocenters. The van der Waals surface area contributed by atoms with Gasteiger partial charge in [-0.2, -0.15) is 0 Å². The molecule has 0 radical (unpaired) electrons. The van der Waals surface area contributed by atoms with Crippen LogP contribution < -0.4 is 5.32 Å². The Morgan fingerprint density at radius 2 is 1.86 bits per heavy atom. The van der Waals surface area contributed by atoms with Crippen LogP contribution in [-0.2, 0) is 14.3 Å². The highest BCUT2D eigenvalue weighted by molar-refractivity contribution is 5.79. The Morgan fingerprint density at radius 1 is 1.23 bits per heavy atom. The molecule has 1 N–H and O–H groups in total. The predicted molar refractivity (Wildman–Crippen MR) is 82.4 cm³/mol. The largest absolute Gasteiger partial charge is 0.372 e. The maximum atomic E-state index is 12.5. The Labute approximate surface area is 132 Å². The van der Waals surface area contributed by atoms with Crippen molar-refractivity contribution in [3.8, 4) is 0 Å². The number of piperidine rings is 1. The molecule has 3 aliphatic rings. The second-order valence-electron chi connectivity index (χ2n) is 7.16. The van der Waals surface area contributed by atoms with Crippen molar-refractivity contribution < 1.29 is 14.3 Å². The second kappa shape index (κ2) is 6.16. The first kappa shape index (κ1) is 15.7. The summed E-state index contributed by atoms with van der Waals surface area (Å²) in [6.45, 7) is 7.69. The van der Waals surface area contributed by atoms with Crippen molar-refractivity contribution in [2.45, 2.75) is 57.3 Å². The predicted octanol–water partition coefficient (Wildman–Crippen LogP) is 0.367. The number of nitrogens with one attached hydrogen (secondary N) is 1. The van der Waals surface area contributed by atoms with Crippen LogP contribution in [0.2, 0.25) is 0 Å². The van der Waals surface area contributed by atoms with Crippen molar-refractivity contribution in [1.29, 1.82) is 0 Å². The normalized spacial score (nSPS) is 32.3. The van der Waals surface area contributed by atoms with Gasteiger partial charge in [0.15, 0.2) is 0 Å². The molecule has 0 bridgehead atoms. The Hall–Kier alpha value is -1.14. The molecule has 3 saturated heterocycles. The topological polar surface area (TPSA) is 61.9 Å². The zero-order chi connectivity index (χ0) is 15.7. The van der Waals surface area contributed by atoms with Crippen molar-refractivity contribution in [2.24, 2.45) is 0 Å². The molecule has 1 spiro atoms. The van der Waals surface area contributed by atoms with E-state index >= 15 is 0 Å². The van der Waals surface area contributed by atoms with Gasteiger partial charge in [0.05, 0.1) is 18.8 Å². The van der Waals surface area contributed by atoms with E-state index in [1.807, 2.05) is 18.7 Å². The lowest BCUT2D eigenvalue weighted by Gasteiger charge is -2.40. The third kappa shape index (κ3) is 3.43. The molecule has 0 aromatic carbocycles. The van der Waals surface area contributed by atoms with E-state index in [2.05, 4.69) is 10.2 Å². The number of carbonyl (C=O) groups excluding carboxylic acids is 2.